The standard InChI is InChI=1S/C26H40O5/c1-7-8-9-10-11-12-13-14-17-28-24-23(29-19(2)3)21-16-15-20(31-26(4,5)6)18-22(21)30-25(24)27/h15-16,18-19H,7-14,17H2,1-6H3. The predicted octanol–water partition coefficient (Wildman–Crippen LogP) is 7.28. The number of rotatable bonds is 13. The zero-order chi connectivity index (χ0) is 22.9. The average molecular weight is 433 g/mol. The van der Waals surface area contributed by atoms with Gasteiger partial charge in [0.1, 0.15) is 16.9 Å². The summed E-state index contributed by atoms with van der Waals surface area (Å²) >= 11 is 0. The largest absolute Gasteiger partial charge is 0.488 e. The quantitative estimate of drug-likeness (QED) is 0.246. The second-order valence-corrected chi connectivity index (χ2v) is 9.41. The maximum atomic E-state index is 12.7. The van der Waals surface area contributed by atoms with Crippen LogP contribution in [0.15, 0.2) is 27.4 Å². The lowest BCUT2D eigenvalue weighted by Crippen LogP contribution is -2.22. The smallest absolute Gasteiger partial charge is 0.383 e. The van der Waals surface area contributed by atoms with E-state index in [0.29, 0.717) is 29.1 Å². The van der Waals surface area contributed by atoms with Crippen molar-refractivity contribution in [2.45, 2.75) is 105 Å². The highest BCUT2D eigenvalue weighted by Crippen LogP contribution is 2.36. The van der Waals surface area contributed by atoms with Crippen LogP contribution in [0.3, 0.4) is 0 Å². The van der Waals surface area contributed by atoms with Gasteiger partial charge in [0.15, 0.2) is 5.75 Å². The lowest BCUT2D eigenvalue weighted by molar-refractivity contribution is 0.131. The van der Waals surface area contributed by atoms with Crippen molar-refractivity contribution in [2.24, 2.45) is 0 Å². The molecule has 5 nitrogen and oxygen atoms in total. The lowest BCUT2D eigenvalue weighted by Gasteiger charge is -2.21. The van der Waals surface area contributed by atoms with Gasteiger partial charge in [-0.25, -0.2) is 4.79 Å². The number of ether oxygens (including phenoxy) is 3. The van der Waals surface area contributed by atoms with Crippen molar-refractivity contribution in [1.29, 1.82) is 0 Å². The van der Waals surface area contributed by atoms with E-state index in [1.165, 1.54) is 38.5 Å². The molecule has 0 saturated heterocycles. The van der Waals surface area contributed by atoms with E-state index in [1.54, 1.807) is 6.07 Å². The molecule has 0 unspecified atom stereocenters. The highest BCUT2D eigenvalue weighted by molar-refractivity contribution is 5.86. The van der Waals surface area contributed by atoms with Gasteiger partial charge in [-0.15, -0.1) is 0 Å². The minimum Gasteiger partial charge on any atom is -0.488 e. The van der Waals surface area contributed by atoms with Gasteiger partial charge in [-0.2, -0.15) is 0 Å². The van der Waals surface area contributed by atoms with Crippen LogP contribution in [0, 0.1) is 0 Å². The summed E-state index contributed by atoms with van der Waals surface area (Å²) in [6, 6.07) is 5.46. The molecule has 2 aromatic rings. The molecule has 1 heterocycles. The molecule has 0 radical (unpaired) electrons. The Kier molecular flexibility index (Phi) is 9.73. The van der Waals surface area contributed by atoms with E-state index in [0.717, 1.165) is 12.8 Å². The molecule has 0 aliphatic rings. The van der Waals surface area contributed by atoms with Crippen LogP contribution in [-0.4, -0.2) is 18.3 Å². The van der Waals surface area contributed by atoms with E-state index in [4.69, 9.17) is 18.6 Å². The first kappa shape index (κ1) is 25.1. The number of fused-ring (bicyclic) bond motifs is 1. The Morgan fingerprint density at radius 2 is 1.58 bits per heavy atom. The van der Waals surface area contributed by atoms with Gasteiger partial charge in [-0.05, 0) is 53.2 Å². The van der Waals surface area contributed by atoms with Gasteiger partial charge in [-0.1, -0.05) is 51.9 Å². The Labute approximate surface area is 187 Å². The van der Waals surface area contributed by atoms with Gasteiger partial charge >= 0.3 is 5.63 Å². The van der Waals surface area contributed by atoms with Crippen LogP contribution < -0.4 is 19.8 Å². The summed E-state index contributed by atoms with van der Waals surface area (Å²) in [4.78, 5) is 12.7. The molecule has 0 amide bonds. The third-order valence-corrected chi connectivity index (χ3v) is 4.81. The van der Waals surface area contributed by atoms with Crippen LogP contribution in [0.25, 0.3) is 11.0 Å². The van der Waals surface area contributed by atoms with Gasteiger partial charge < -0.3 is 18.6 Å². The fraction of sp³-hybridized carbons (Fsp3) is 0.654. The van der Waals surface area contributed by atoms with Crippen molar-refractivity contribution in [1.82, 2.24) is 0 Å². The topological polar surface area (TPSA) is 57.9 Å². The van der Waals surface area contributed by atoms with Crippen LogP contribution in [-0.2, 0) is 0 Å². The molecule has 0 saturated carbocycles. The molecule has 0 fully saturated rings. The number of hydrogen-bond acceptors (Lipinski definition) is 5. The van der Waals surface area contributed by atoms with E-state index < -0.39 is 5.63 Å². The Hall–Kier alpha value is -2.17. The molecular formula is C26H40O5. The first-order chi connectivity index (χ1) is 14.7. The van der Waals surface area contributed by atoms with Crippen LogP contribution in [0.4, 0.5) is 0 Å². The van der Waals surface area contributed by atoms with Crippen molar-refractivity contribution in [3.8, 4) is 17.2 Å². The van der Waals surface area contributed by atoms with E-state index in [9.17, 15) is 4.79 Å². The summed E-state index contributed by atoms with van der Waals surface area (Å²) in [5.41, 5.74) is -0.429. The maximum Gasteiger partial charge on any atom is 0.383 e. The predicted molar refractivity (Wildman–Crippen MR) is 127 cm³/mol. The van der Waals surface area contributed by atoms with Gasteiger partial charge in [0.25, 0.3) is 0 Å². The minimum atomic E-state index is -0.518. The Morgan fingerprint density at radius 1 is 0.935 bits per heavy atom. The SMILES string of the molecule is CCCCCCCCCCOc1c(OC(C)C)c2ccc(OC(C)(C)C)cc2oc1=O. The van der Waals surface area contributed by atoms with Crippen molar-refractivity contribution in [3.63, 3.8) is 0 Å². The molecule has 0 N–H and O–H groups in total. The zero-order valence-corrected chi connectivity index (χ0v) is 20.2. The van der Waals surface area contributed by atoms with Crippen LogP contribution in [0.5, 0.6) is 17.2 Å². The van der Waals surface area contributed by atoms with Gasteiger partial charge in [0.2, 0.25) is 5.75 Å². The fourth-order valence-electron chi connectivity index (χ4n) is 3.44. The summed E-state index contributed by atoms with van der Waals surface area (Å²) < 4.78 is 23.3. The molecule has 0 spiro atoms. The van der Waals surface area contributed by atoms with Gasteiger partial charge in [0, 0.05) is 6.07 Å². The third-order valence-electron chi connectivity index (χ3n) is 4.81. The number of benzene rings is 1. The van der Waals surface area contributed by atoms with Crippen molar-refractivity contribution in [3.05, 3.63) is 28.6 Å². The molecule has 1 aromatic carbocycles. The normalized spacial score (nSPS) is 11.8. The maximum absolute atomic E-state index is 12.7. The first-order valence-electron chi connectivity index (χ1n) is 11.8. The van der Waals surface area contributed by atoms with Crippen LogP contribution in [0.2, 0.25) is 0 Å². The van der Waals surface area contributed by atoms with E-state index in [2.05, 4.69) is 6.92 Å². The summed E-state index contributed by atoms with van der Waals surface area (Å²) in [6.07, 6.45) is 9.59. The molecule has 2 rings (SSSR count). The summed E-state index contributed by atoms with van der Waals surface area (Å²) in [7, 11) is 0. The summed E-state index contributed by atoms with van der Waals surface area (Å²) in [5.74, 6) is 1.25. The molecule has 0 aliphatic carbocycles. The summed E-state index contributed by atoms with van der Waals surface area (Å²) in [6.45, 7) is 12.5. The Bertz CT molecular complexity index is 860. The van der Waals surface area contributed by atoms with E-state index in [-0.39, 0.29) is 17.5 Å². The van der Waals surface area contributed by atoms with Gasteiger partial charge in [-0.3, -0.25) is 0 Å². The fourth-order valence-corrected chi connectivity index (χ4v) is 3.44. The highest BCUT2D eigenvalue weighted by atomic mass is 16.5. The minimum absolute atomic E-state index is 0.0963. The van der Waals surface area contributed by atoms with Crippen molar-refractivity contribution in [2.75, 3.05) is 6.61 Å². The third kappa shape index (κ3) is 8.47. The second kappa shape index (κ2) is 12.0. The molecule has 0 bridgehead atoms. The molecular weight excluding hydrogens is 392 g/mol. The lowest BCUT2D eigenvalue weighted by atomic mass is 10.1. The van der Waals surface area contributed by atoms with Crippen molar-refractivity contribution < 1.29 is 18.6 Å². The Morgan fingerprint density at radius 3 is 2.19 bits per heavy atom. The monoisotopic (exact) mass is 432 g/mol. The van der Waals surface area contributed by atoms with E-state index >= 15 is 0 Å². The number of hydrogen-bond donors (Lipinski definition) is 0. The highest BCUT2D eigenvalue weighted by Gasteiger charge is 2.20. The van der Waals surface area contributed by atoms with Crippen molar-refractivity contribution >= 4 is 11.0 Å². The molecule has 0 atom stereocenters. The van der Waals surface area contributed by atoms with Gasteiger partial charge in [0.05, 0.1) is 18.1 Å². The van der Waals surface area contributed by atoms with E-state index in [1.807, 2.05) is 46.8 Å². The zero-order valence-electron chi connectivity index (χ0n) is 20.2. The van der Waals surface area contributed by atoms with Crippen LogP contribution >= 0.6 is 0 Å². The Balaban J connectivity index is 2.09. The number of unbranched alkanes of at least 4 members (excludes halogenated alkanes) is 7. The average Bonchev–Trinajstić information content (AvgIpc) is 2.66. The first-order valence-corrected chi connectivity index (χ1v) is 11.8. The van der Waals surface area contributed by atoms with Crippen LogP contribution in [0.1, 0.15) is 92.9 Å². The molecule has 1 aromatic heterocycles. The molecule has 174 valence electrons. The second-order valence-electron chi connectivity index (χ2n) is 9.41. The summed E-state index contributed by atoms with van der Waals surface area (Å²) in [5, 5.41) is 0.709. The molecule has 31 heavy (non-hydrogen) atoms. The molecule has 0 aliphatic heterocycles. The molecule has 5 heteroatoms.